The molecule has 4 nitrogen and oxygen atoms in total. The van der Waals surface area contributed by atoms with Crippen LogP contribution in [0.4, 0.5) is 0 Å². The number of para-hydroxylation sites is 1. The molecule has 0 fully saturated rings. The Morgan fingerprint density at radius 1 is 1.24 bits per heavy atom. The maximum Gasteiger partial charge on any atom is 0.153 e. The van der Waals surface area contributed by atoms with E-state index in [1.807, 2.05) is 30.3 Å². The number of aromatic nitrogens is 3. The van der Waals surface area contributed by atoms with Gasteiger partial charge >= 0.3 is 0 Å². The molecule has 0 unspecified atom stereocenters. The summed E-state index contributed by atoms with van der Waals surface area (Å²) in [6.07, 6.45) is 5.87. The maximum atomic E-state index is 11.1. The summed E-state index contributed by atoms with van der Waals surface area (Å²) >= 11 is 0. The molecule has 0 spiro atoms. The summed E-state index contributed by atoms with van der Waals surface area (Å²) in [7, 11) is 0. The molecule has 0 atom stereocenters. The molecule has 2 heterocycles. The number of aldehydes is 1. The first-order valence-corrected chi connectivity index (χ1v) is 5.22. The molecule has 82 valence electrons. The zero-order valence-corrected chi connectivity index (χ0v) is 8.95. The second-order valence-corrected chi connectivity index (χ2v) is 3.68. The second kappa shape index (κ2) is 3.83. The van der Waals surface area contributed by atoms with E-state index in [1.165, 1.54) is 0 Å². The Morgan fingerprint density at radius 3 is 2.88 bits per heavy atom. The van der Waals surface area contributed by atoms with Crippen LogP contribution in [0, 0.1) is 0 Å². The Balaban J connectivity index is 2.33. The van der Waals surface area contributed by atoms with Crippen molar-refractivity contribution in [3.8, 4) is 5.82 Å². The molecular weight excluding hydrogens is 214 g/mol. The number of hydrogen-bond acceptors (Lipinski definition) is 3. The van der Waals surface area contributed by atoms with Crippen molar-refractivity contribution in [1.82, 2.24) is 14.5 Å². The molecule has 0 aliphatic heterocycles. The topological polar surface area (TPSA) is 47.8 Å². The lowest BCUT2D eigenvalue weighted by molar-refractivity contribution is 0.112. The normalized spacial score (nSPS) is 10.6. The summed E-state index contributed by atoms with van der Waals surface area (Å²) in [5.74, 6) is 0.608. The standard InChI is InChI=1S/C13H9N3O/c17-8-11-7-10-3-1-2-4-12(10)15-13(11)16-6-5-14-9-16/h1-9H. The Bertz CT molecular complexity index is 674. The Hall–Kier alpha value is -2.49. The first-order valence-electron chi connectivity index (χ1n) is 5.22. The van der Waals surface area contributed by atoms with E-state index in [9.17, 15) is 4.79 Å². The Morgan fingerprint density at radius 2 is 2.12 bits per heavy atom. The van der Waals surface area contributed by atoms with E-state index >= 15 is 0 Å². The third kappa shape index (κ3) is 1.59. The average molecular weight is 223 g/mol. The van der Waals surface area contributed by atoms with Gasteiger partial charge in [0.1, 0.15) is 12.1 Å². The summed E-state index contributed by atoms with van der Waals surface area (Å²) in [6.45, 7) is 0. The quantitative estimate of drug-likeness (QED) is 0.626. The summed E-state index contributed by atoms with van der Waals surface area (Å²) in [5.41, 5.74) is 1.42. The van der Waals surface area contributed by atoms with Crippen LogP contribution in [0.2, 0.25) is 0 Å². The minimum absolute atomic E-state index is 0.557. The number of imidazole rings is 1. The fraction of sp³-hybridized carbons (Fsp3) is 0. The molecule has 0 bridgehead atoms. The lowest BCUT2D eigenvalue weighted by Crippen LogP contribution is -2.00. The molecule has 3 aromatic rings. The van der Waals surface area contributed by atoms with E-state index < -0.39 is 0 Å². The molecule has 17 heavy (non-hydrogen) atoms. The Labute approximate surface area is 97.6 Å². The third-order valence-electron chi connectivity index (χ3n) is 2.61. The van der Waals surface area contributed by atoms with E-state index in [4.69, 9.17) is 0 Å². The van der Waals surface area contributed by atoms with Crippen molar-refractivity contribution < 1.29 is 4.79 Å². The minimum atomic E-state index is 0.557. The summed E-state index contributed by atoms with van der Waals surface area (Å²) in [4.78, 5) is 19.5. The van der Waals surface area contributed by atoms with Gasteiger partial charge in [-0.15, -0.1) is 0 Å². The van der Waals surface area contributed by atoms with Crippen LogP contribution in [0.5, 0.6) is 0 Å². The number of carbonyl (C=O) groups excluding carboxylic acids is 1. The smallest absolute Gasteiger partial charge is 0.153 e. The second-order valence-electron chi connectivity index (χ2n) is 3.68. The van der Waals surface area contributed by atoms with Crippen LogP contribution in [0.1, 0.15) is 10.4 Å². The lowest BCUT2D eigenvalue weighted by atomic mass is 10.1. The summed E-state index contributed by atoms with van der Waals surface area (Å²) in [5, 5.41) is 0.957. The van der Waals surface area contributed by atoms with Gasteiger partial charge in [-0.05, 0) is 12.1 Å². The van der Waals surface area contributed by atoms with Gasteiger partial charge < -0.3 is 0 Å². The SMILES string of the molecule is O=Cc1cc2ccccc2nc1-n1ccnc1. The molecule has 0 saturated carbocycles. The number of fused-ring (bicyclic) bond motifs is 1. The molecule has 0 saturated heterocycles. The molecule has 0 aliphatic rings. The van der Waals surface area contributed by atoms with Crippen molar-refractivity contribution >= 4 is 17.2 Å². The van der Waals surface area contributed by atoms with Crippen LogP contribution in [-0.4, -0.2) is 20.8 Å². The lowest BCUT2D eigenvalue weighted by Gasteiger charge is -2.06. The van der Waals surface area contributed by atoms with Gasteiger partial charge in [-0.25, -0.2) is 9.97 Å². The van der Waals surface area contributed by atoms with Crippen molar-refractivity contribution in [2.75, 3.05) is 0 Å². The van der Waals surface area contributed by atoms with Crippen molar-refractivity contribution in [3.63, 3.8) is 0 Å². The van der Waals surface area contributed by atoms with Crippen molar-refractivity contribution in [2.45, 2.75) is 0 Å². The molecule has 1 aromatic carbocycles. The van der Waals surface area contributed by atoms with Crippen molar-refractivity contribution in [3.05, 3.63) is 54.6 Å². The van der Waals surface area contributed by atoms with Gasteiger partial charge in [-0.3, -0.25) is 9.36 Å². The van der Waals surface area contributed by atoms with Gasteiger partial charge in [-0.1, -0.05) is 18.2 Å². The van der Waals surface area contributed by atoms with Crippen LogP contribution in [-0.2, 0) is 0 Å². The molecule has 0 amide bonds. The number of nitrogens with zero attached hydrogens (tertiary/aromatic N) is 3. The first-order chi connectivity index (χ1) is 8.38. The highest BCUT2D eigenvalue weighted by Gasteiger charge is 2.07. The van der Waals surface area contributed by atoms with Crippen molar-refractivity contribution in [1.29, 1.82) is 0 Å². The average Bonchev–Trinajstić information content (AvgIpc) is 2.91. The monoisotopic (exact) mass is 223 g/mol. The van der Waals surface area contributed by atoms with Gasteiger partial charge in [0.25, 0.3) is 0 Å². The van der Waals surface area contributed by atoms with E-state index in [2.05, 4.69) is 9.97 Å². The highest BCUT2D eigenvalue weighted by atomic mass is 16.1. The number of hydrogen-bond donors (Lipinski definition) is 0. The fourth-order valence-electron chi connectivity index (χ4n) is 1.80. The van der Waals surface area contributed by atoms with Crippen LogP contribution in [0.25, 0.3) is 16.7 Å². The van der Waals surface area contributed by atoms with E-state index in [-0.39, 0.29) is 0 Å². The molecular formula is C13H9N3O. The first kappa shape index (κ1) is 9.72. The molecule has 0 aliphatic carbocycles. The summed E-state index contributed by atoms with van der Waals surface area (Å²) < 4.78 is 1.73. The van der Waals surface area contributed by atoms with Gasteiger partial charge in [0.05, 0.1) is 11.1 Å². The van der Waals surface area contributed by atoms with E-state index in [0.29, 0.717) is 11.4 Å². The zero-order valence-electron chi connectivity index (χ0n) is 8.95. The maximum absolute atomic E-state index is 11.1. The molecule has 2 aromatic heterocycles. The van der Waals surface area contributed by atoms with Gasteiger partial charge in [0, 0.05) is 17.8 Å². The zero-order chi connectivity index (χ0) is 11.7. The molecule has 0 radical (unpaired) electrons. The van der Waals surface area contributed by atoms with Crippen LogP contribution in [0.15, 0.2) is 49.1 Å². The van der Waals surface area contributed by atoms with E-state index in [0.717, 1.165) is 17.2 Å². The number of carbonyl (C=O) groups is 1. The van der Waals surface area contributed by atoms with Gasteiger partial charge in [0.15, 0.2) is 6.29 Å². The summed E-state index contributed by atoms with van der Waals surface area (Å²) in [6, 6.07) is 9.55. The third-order valence-corrected chi connectivity index (χ3v) is 2.61. The number of rotatable bonds is 2. The molecule has 3 rings (SSSR count). The van der Waals surface area contributed by atoms with E-state index in [1.54, 1.807) is 23.3 Å². The fourth-order valence-corrected chi connectivity index (χ4v) is 1.80. The van der Waals surface area contributed by atoms with Gasteiger partial charge in [-0.2, -0.15) is 0 Å². The van der Waals surface area contributed by atoms with Gasteiger partial charge in [0.2, 0.25) is 0 Å². The Kier molecular flexibility index (Phi) is 2.19. The highest BCUT2D eigenvalue weighted by Crippen LogP contribution is 2.18. The molecule has 4 heteroatoms. The number of pyridine rings is 1. The predicted molar refractivity (Wildman–Crippen MR) is 64.3 cm³/mol. The van der Waals surface area contributed by atoms with Crippen LogP contribution >= 0.6 is 0 Å². The minimum Gasteiger partial charge on any atom is -0.298 e. The van der Waals surface area contributed by atoms with Crippen LogP contribution < -0.4 is 0 Å². The van der Waals surface area contributed by atoms with Crippen molar-refractivity contribution in [2.24, 2.45) is 0 Å². The largest absolute Gasteiger partial charge is 0.298 e. The number of benzene rings is 1. The van der Waals surface area contributed by atoms with Crippen LogP contribution in [0.3, 0.4) is 0 Å². The predicted octanol–water partition coefficient (Wildman–Crippen LogP) is 2.23. The highest BCUT2D eigenvalue weighted by molar-refractivity contribution is 5.89. The molecule has 0 N–H and O–H groups in total.